The average Bonchev–Trinajstić information content (AvgIpc) is 2.95. The third-order valence-electron chi connectivity index (χ3n) is 7.01. The molecule has 186 valence electrons. The van der Waals surface area contributed by atoms with Gasteiger partial charge < -0.3 is 19.7 Å². The fourth-order valence-corrected chi connectivity index (χ4v) is 4.97. The van der Waals surface area contributed by atoms with E-state index in [0.29, 0.717) is 31.7 Å². The molecule has 0 aliphatic carbocycles. The first kappa shape index (κ1) is 23.9. The second kappa shape index (κ2) is 11.3. The van der Waals surface area contributed by atoms with Gasteiger partial charge in [-0.2, -0.15) is 0 Å². The smallest absolute Gasteiger partial charge is 0.260 e. The van der Waals surface area contributed by atoms with E-state index >= 15 is 0 Å². The number of amides is 2. The largest absolute Gasteiger partial charge is 0.493 e. The van der Waals surface area contributed by atoms with Crippen molar-refractivity contribution in [3.63, 3.8) is 0 Å². The number of nitrogens with one attached hydrogen (secondary N) is 1. The molecule has 2 amide bonds. The van der Waals surface area contributed by atoms with Crippen LogP contribution in [0.3, 0.4) is 0 Å². The minimum atomic E-state index is -0.232. The van der Waals surface area contributed by atoms with Gasteiger partial charge in [0.25, 0.3) is 5.91 Å². The number of carbonyl (C=O) groups excluding carboxylic acids is 2. The quantitative estimate of drug-likeness (QED) is 0.535. The van der Waals surface area contributed by atoms with Crippen molar-refractivity contribution < 1.29 is 19.1 Å². The molecule has 36 heavy (non-hydrogen) atoms. The van der Waals surface area contributed by atoms with E-state index in [1.54, 1.807) is 4.90 Å². The second-order valence-corrected chi connectivity index (χ2v) is 9.43. The van der Waals surface area contributed by atoms with Crippen molar-refractivity contribution in [2.75, 3.05) is 26.3 Å². The number of nitrogens with zero attached hydrogens (tertiary/aromatic N) is 1. The Labute approximate surface area is 212 Å². The zero-order valence-electron chi connectivity index (χ0n) is 20.4. The van der Waals surface area contributed by atoms with Crippen LogP contribution in [0, 0.1) is 5.92 Å². The third kappa shape index (κ3) is 5.70. The molecule has 6 heteroatoms. The number of piperidine rings is 1. The highest BCUT2D eigenvalue weighted by Gasteiger charge is 2.29. The van der Waals surface area contributed by atoms with Crippen LogP contribution >= 0.6 is 0 Å². The topological polar surface area (TPSA) is 67.9 Å². The van der Waals surface area contributed by atoms with Crippen LogP contribution in [0.2, 0.25) is 0 Å². The first-order chi connectivity index (χ1) is 17.7. The number of hydrogen-bond acceptors (Lipinski definition) is 4. The van der Waals surface area contributed by atoms with Crippen LogP contribution in [0.25, 0.3) is 0 Å². The molecule has 6 nitrogen and oxygen atoms in total. The van der Waals surface area contributed by atoms with Gasteiger partial charge in [0.15, 0.2) is 6.61 Å². The number of carbonyl (C=O) groups is 2. The monoisotopic (exact) mass is 484 g/mol. The summed E-state index contributed by atoms with van der Waals surface area (Å²) in [6.45, 7) is 1.88. The highest BCUT2D eigenvalue weighted by atomic mass is 16.5. The second-order valence-electron chi connectivity index (χ2n) is 9.43. The van der Waals surface area contributed by atoms with E-state index in [4.69, 9.17) is 9.47 Å². The molecule has 1 unspecified atom stereocenters. The molecule has 2 aliphatic rings. The number of rotatable bonds is 7. The molecule has 1 saturated heterocycles. The molecule has 2 aliphatic heterocycles. The van der Waals surface area contributed by atoms with Crippen molar-refractivity contribution in [3.8, 4) is 11.5 Å². The van der Waals surface area contributed by atoms with Crippen LogP contribution in [0.4, 0.5) is 0 Å². The normalized spacial score (nSPS) is 16.4. The Morgan fingerprint density at radius 3 is 2.42 bits per heavy atom. The Morgan fingerprint density at radius 2 is 1.67 bits per heavy atom. The van der Waals surface area contributed by atoms with Crippen molar-refractivity contribution in [2.24, 2.45) is 5.92 Å². The van der Waals surface area contributed by atoms with E-state index in [9.17, 15) is 9.59 Å². The zero-order valence-corrected chi connectivity index (χ0v) is 20.4. The molecule has 1 fully saturated rings. The Bertz CT molecular complexity index is 1170. The summed E-state index contributed by atoms with van der Waals surface area (Å²) in [5.41, 5.74) is 3.30. The van der Waals surface area contributed by atoms with Gasteiger partial charge in [-0.1, -0.05) is 54.6 Å². The maximum atomic E-state index is 13.4. The molecule has 0 saturated carbocycles. The summed E-state index contributed by atoms with van der Waals surface area (Å²) >= 11 is 0. The molecule has 1 atom stereocenters. The zero-order chi connectivity index (χ0) is 24.7. The molecular formula is C30H32N2O4. The molecule has 0 aromatic heterocycles. The highest BCUT2D eigenvalue weighted by molar-refractivity contribution is 5.81. The number of para-hydroxylation sites is 1. The molecule has 2 heterocycles. The average molecular weight is 485 g/mol. The lowest BCUT2D eigenvalue weighted by Gasteiger charge is -2.32. The van der Waals surface area contributed by atoms with Crippen molar-refractivity contribution in [1.82, 2.24) is 10.2 Å². The summed E-state index contributed by atoms with van der Waals surface area (Å²) in [5, 5.41) is 3.31. The van der Waals surface area contributed by atoms with E-state index in [1.165, 1.54) is 5.56 Å². The maximum absolute atomic E-state index is 13.4. The van der Waals surface area contributed by atoms with Crippen molar-refractivity contribution in [2.45, 2.75) is 31.7 Å². The van der Waals surface area contributed by atoms with Gasteiger partial charge in [-0.3, -0.25) is 9.59 Å². The molecule has 0 radical (unpaired) electrons. The van der Waals surface area contributed by atoms with Gasteiger partial charge in [-0.05, 0) is 66.6 Å². The van der Waals surface area contributed by atoms with Crippen LogP contribution in [0.1, 0.15) is 42.0 Å². The first-order valence-electron chi connectivity index (χ1n) is 12.7. The van der Waals surface area contributed by atoms with Crippen LogP contribution in [0.5, 0.6) is 11.5 Å². The summed E-state index contributed by atoms with van der Waals surface area (Å²) < 4.78 is 11.4. The van der Waals surface area contributed by atoms with Crippen LogP contribution in [0.15, 0.2) is 78.9 Å². The predicted molar refractivity (Wildman–Crippen MR) is 138 cm³/mol. The van der Waals surface area contributed by atoms with Crippen molar-refractivity contribution in [3.05, 3.63) is 95.6 Å². The Kier molecular flexibility index (Phi) is 7.50. The van der Waals surface area contributed by atoms with Gasteiger partial charge in [0.05, 0.1) is 12.6 Å². The molecular weight excluding hydrogens is 452 g/mol. The van der Waals surface area contributed by atoms with Gasteiger partial charge in [-0.15, -0.1) is 0 Å². The number of hydrogen-bond donors (Lipinski definition) is 1. The van der Waals surface area contributed by atoms with Gasteiger partial charge >= 0.3 is 0 Å². The summed E-state index contributed by atoms with van der Waals surface area (Å²) in [7, 11) is 0. The third-order valence-corrected chi connectivity index (χ3v) is 7.01. The van der Waals surface area contributed by atoms with E-state index < -0.39 is 0 Å². The van der Waals surface area contributed by atoms with Crippen LogP contribution in [-0.2, 0) is 16.0 Å². The predicted octanol–water partition coefficient (Wildman–Crippen LogP) is 4.53. The highest BCUT2D eigenvalue weighted by Crippen LogP contribution is 2.31. The van der Waals surface area contributed by atoms with Crippen molar-refractivity contribution >= 4 is 11.8 Å². The first-order valence-corrected chi connectivity index (χ1v) is 12.7. The number of likely N-dealkylation sites (tertiary alicyclic amines) is 1. The van der Waals surface area contributed by atoms with E-state index in [2.05, 4.69) is 29.6 Å². The molecule has 5 rings (SSSR count). The Balaban J connectivity index is 1.21. The SMILES string of the molecule is O=C(NC(c1ccccc1)c1ccc2c(c1)CCCO2)C1CCN(C(=O)COc2ccccc2)CC1. The molecule has 0 spiro atoms. The van der Waals surface area contributed by atoms with Gasteiger partial charge in [0.1, 0.15) is 11.5 Å². The standard InChI is InChI=1S/C30H32N2O4/c33-28(21-36-26-11-5-2-6-12-26)32-17-15-23(16-18-32)30(34)31-29(22-8-3-1-4-9-22)25-13-14-27-24(20-25)10-7-19-35-27/h1-6,8-9,11-14,20,23,29H,7,10,15-19,21H2,(H,31,34). The van der Waals surface area contributed by atoms with Gasteiger partial charge in [0.2, 0.25) is 5.91 Å². The van der Waals surface area contributed by atoms with Crippen LogP contribution in [-0.4, -0.2) is 43.0 Å². The van der Waals surface area contributed by atoms with Crippen molar-refractivity contribution in [1.29, 1.82) is 0 Å². The lowest BCUT2D eigenvalue weighted by Crippen LogP contribution is -2.45. The van der Waals surface area contributed by atoms with Gasteiger partial charge in [0, 0.05) is 19.0 Å². The fraction of sp³-hybridized carbons (Fsp3) is 0.333. The number of fused-ring (bicyclic) bond motifs is 1. The lowest BCUT2D eigenvalue weighted by atomic mass is 9.92. The Morgan fingerprint density at radius 1 is 0.944 bits per heavy atom. The van der Waals surface area contributed by atoms with Gasteiger partial charge in [-0.25, -0.2) is 0 Å². The molecule has 1 N–H and O–H groups in total. The minimum Gasteiger partial charge on any atom is -0.493 e. The number of benzene rings is 3. The van der Waals surface area contributed by atoms with Crippen LogP contribution < -0.4 is 14.8 Å². The lowest BCUT2D eigenvalue weighted by molar-refractivity contribution is -0.137. The summed E-state index contributed by atoms with van der Waals surface area (Å²) in [6.07, 6.45) is 3.27. The molecule has 0 bridgehead atoms. The van der Waals surface area contributed by atoms with E-state index in [1.807, 2.05) is 54.6 Å². The number of aryl methyl sites for hydroxylation is 1. The maximum Gasteiger partial charge on any atom is 0.260 e. The number of ether oxygens (including phenoxy) is 2. The summed E-state index contributed by atoms with van der Waals surface area (Å²) in [6, 6.07) is 25.4. The molecule has 3 aromatic rings. The Hall–Kier alpha value is -3.80. The minimum absolute atomic E-state index is 0.0129. The summed E-state index contributed by atoms with van der Waals surface area (Å²) in [5.74, 6) is 1.48. The fourth-order valence-electron chi connectivity index (χ4n) is 4.97. The van der Waals surface area contributed by atoms with E-state index in [0.717, 1.165) is 36.3 Å². The molecule has 3 aromatic carbocycles. The van der Waals surface area contributed by atoms with E-state index in [-0.39, 0.29) is 30.4 Å². The summed E-state index contributed by atoms with van der Waals surface area (Å²) in [4.78, 5) is 27.8.